The van der Waals surface area contributed by atoms with Crippen LogP contribution in [0, 0.1) is 0 Å². The predicted molar refractivity (Wildman–Crippen MR) is 91.6 cm³/mol. The third-order valence-corrected chi connectivity index (χ3v) is 5.94. The number of hydrogen-bond acceptors (Lipinski definition) is 3. The summed E-state index contributed by atoms with van der Waals surface area (Å²) in [6, 6.07) is 14.1. The van der Waals surface area contributed by atoms with Gasteiger partial charge in [-0.3, -0.25) is 4.79 Å². The molecule has 2 aromatic rings. The third-order valence-electron chi connectivity index (χ3n) is 4.42. The summed E-state index contributed by atoms with van der Waals surface area (Å²) in [7, 11) is -3.56. The molecule has 0 unspecified atom stereocenters. The number of anilines is 1. The molecule has 2 aromatic carbocycles. The molecule has 0 spiro atoms. The van der Waals surface area contributed by atoms with Gasteiger partial charge in [-0.05, 0) is 49.1 Å². The van der Waals surface area contributed by atoms with Gasteiger partial charge in [-0.15, -0.1) is 0 Å². The van der Waals surface area contributed by atoms with Gasteiger partial charge in [-0.1, -0.05) is 24.3 Å². The van der Waals surface area contributed by atoms with E-state index in [1.807, 2.05) is 24.3 Å². The second kappa shape index (κ2) is 5.72. The van der Waals surface area contributed by atoms with E-state index in [0.717, 1.165) is 30.5 Å². The Labute approximate surface area is 141 Å². The van der Waals surface area contributed by atoms with Crippen LogP contribution < -0.4 is 9.62 Å². The Morgan fingerprint density at radius 2 is 1.88 bits per heavy atom. The smallest absolute Gasteiger partial charge is 0.258 e. The van der Waals surface area contributed by atoms with E-state index >= 15 is 0 Å². The number of carbonyl (C=O) groups is 1. The highest BCUT2D eigenvalue weighted by atomic mass is 32.2. The Morgan fingerprint density at radius 1 is 1.08 bits per heavy atom. The monoisotopic (exact) mass is 342 g/mol. The molecule has 6 heteroatoms. The fourth-order valence-corrected chi connectivity index (χ4v) is 4.34. The fourth-order valence-electron chi connectivity index (χ4n) is 2.99. The SMILES string of the molecule is O=C(c1cccc(S(=O)(=O)NC2CC2)c1)N1CCc2ccccc21. The molecule has 124 valence electrons. The molecule has 1 heterocycles. The number of rotatable bonds is 4. The van der Waals surface area contributed by atoms with Crippen LogP contribution in [0.25, 0.3) is 0 Å². The molecule has 5 nitrogen and oxygen atoms in total. The first kappa shape index (κ1) is 15.4. The minimum Gasteiger partial charge on any atom is -0.308 e. The maximum absolute atomic E-state index is 12.8. The predicted octanol–water partition coefficient (Wildman–Crippen LogP) is 2.33. The number of amides is 1. The number of sulfonamides is 1. The van der Waals surface area contributed by atoms with Crippen molar-refractivity contribution in [3.05, 3.63) is 59.7 Å². The van der Waals surface area contributed by atoms with Crippen LogP contribution in [-0.2, 0) is 16.4 Å². The Hall–Kier alpha value is -2.18. The first-order valence-corrected chi connectivity index (χ1v) is 9.55. The molecule has 0 aromatic heterocycles. The molecule has 1 aliphatic carbocycles. The van der Waals surface area contributed by atoms with Crippen LogP contribution in [0.1, 0.15) is 28.8 Å². The second-order valence-corrected chi connectivity index (χ2v) is 7.97. The molecule has 0 bridgehead atoms. The van der Waals surface area contributed by atoms with Gasteiger partial charge >= 0.3 is 0 Å². The average molecular weight is 342 g/mol. The summed E-state index contributed by atoms with van der Waals surface area (Å²) in [5, 5.41) is 0. The zero-order valence-corrected chi connectivity index (χ0v) is 13.9. The summed E-state index contributed by atoms with van der Waals surface area (Å²) >= 11 is 0. The molecule has 1 fully saturated rings. The van der Waals surface area contributed by atoms with Gasteiger partial charge in [0.2, 0.25) is 10.0 Å². The van der Waals surface area contributed by atoms with Crippen LogP contribution in [-0.4, -0.2) is 26.9 Å². The molecule has 0 radical (unpaired) electrons. The topological polar surface area (TPSA) is 66.5 Å². The summed E-state index contributed by atoms with van der Waals surface area (Å²) in [6.45, 7) is 0.621. The van der Waals surface area contributed by atoms with Crippen molar-refractivity contribution in [2.45, 2.75) is 30.2 Å². The van der Waals surface area contributed by atoms with E-state index in [0.29, 0.717) is 12.1 Å². The van der Waals surface area contributed by atoms with Crippen LogP contribution in [0.4, 0.5) is 5.69 Å². The summed E-state index contributed by atoms with van der Waals surface area (Å²) in [5.74, 6) is -0.163. The molecular weight excluding hydrogens is 324 g/mol. The zero-order chi connectivity index (χ0) is 16.7. The van der Waals surface area contributed by atoms with Crippen molar-refractivity contribution in [1.29, 1.82) is 0 Å². The molecule has 2 aliphatic rings. The number of nitrogens with one attached hydrogen (secondary N) is 1. The molecule has 24 heavy (non-hydrogen) atoms. The van der Waals surface area contributed by atoms with Crippen LogP contribution in [0.15, 0.2) is 53.4 Å². The summed E-state index contributed by atoms with van der Waals surface area (Å²) < 4.78 is 27.3. The number of carbonyl (C=O) groups excluding carboxylic acids is 1. The number of hydrogen-bond donors (Lipinski definition) is 1. The highest BCUT2D eigenvalue weighted by Crippen LogP contribution is 2.29. The lowest BCUT2D eigenvalue weighted by Gasteiger charge is -2.17. The minimum atomic E-state index is -3.56. The van der Waals surface area contributed by atoms with E-state index in [1.165, 1.54) is 12.1 Å². The largest absolute Gasteiger partial charge is 0.308 e. The summed E-state index contributed by atoms with van der Waals surface area (Å²) in [4.78, 5) is 14.7. The van der Waals surface area contributed by atoms with Gasteiger partial charge in [0.05, 0.1) is 4.90 Å². The minimum absolute atomic E-state index is 0.0415. The van der Waals surface area contributed by atoms with Crippen LogP contribution in [0.2, 0.25) is 0 Å². The Balaban J connectivity index is 1.63. The summed E-state index contributed by atoms with van der Waals surface area (Å²) in [6.07, 6.45) is 2.58. The molecule has 0 saturated heterocycles. The molecule has 1 amide bonds. The molecule has 1 N–H and O–H groups in total. The maximum Gasteiger partial charge on any atom is 0.258 e. The first-order chi connectivity index (χ1) is 11.5. The zero-order valence-electron chi connectivity index (χ0n) is 13.1. The van der Waals surface area contributed by atoms with Crippen molar-refractivity contribution in [3.63, 3.8) is 0 Å². The number of nitrogens with zero attached hydrogens (tertiary/aromatic N) is 1. The lowest BCUT2D eigenvalue weighted by Crippen LogP contribution is -2.29. The molecular formula is C18H18N2O3S. The van der Waals surface area contributed by atoms with Gasteiger partial charge in [0.1, 0.15) is 0 Å². The van der Waals surface area contributed by atoms with Crippen molar-refractivity contribution in [2.24, 2.45) is 0 Å². The van der Waals surface area contributed by atoms with Crippen LogP contribution in [0.5, 0.6) is 0 Å². The first-order valence-electron chi connectivity index (χ1n) is 8.07. The lowest BCUT2D eigenvalue weighted by atomic mass is 10.1. The third kappa shape index (κ3) is 2.83. The fraction of sp³-hybridized carbons (Fsp3) is 0.278. The normalized spacial score (nSPS) is 16.9. The highest BCUT2D eigenvalue weighted by Gasteiger charge is 2.29. The van der Waals surface area contributed by atoms with Gasteiger partial charge in [-0.2, -0.15) is 0 Å². The van der Waals surface area contributed by atoms with Gasteiger partial charge in [0.15, 0.2) is 0 Å². The lowest BCUT2D eigenvalue weighted by molar-refractivity contribution is 0.0989. The number of para-hydroxylation sites is 1. The Morgan fingerprint density at radius 3 is 2.67 bits per heavy atom. The van der Waals surface area contributed by atoms with E-state index in [9.17, 15) is 13.2 Å². The molecule has 4 rings (SSSR count). The van der Waals surface area contributed by atoms with Crippen molar-refractivity contribution in [3.8, 4) is 0 Å². The van der Waals surface area contributed by atoms with Crippen molar-refractivity contribution < 1.29 is 13.2 Å². The van der Waals surface area contributed by atoms with Crippen molar-refractivity contribution in [2.75, 3.05) is 11.4 Å². The van der Waals surface area contributed by atoms with E-state index in [1.54, 1.807) is 17.0 Å². The van der Waals surface area contributed by atoms with Crippen LogP contribution >= 0.6 is 0 Å². The van der Waals surface area contributed by atoms with Gasteiger partial charge in [0, 0.05) is 23.8 Å². The van der Waals surface area contributed by atoms with E-state index in [4.69, 9.17) is 0 Å². The molecule has 1 aliphatic heterocycles. The molecule has 1 saturated carbocycles. The standard InChI is InChI=1S/C18H18N2O3S/c21-18(20-11-10-13-4-1-2-7-17(13)20)14-5-3-6-16(12-14)24(22,23)19-15-8-9-15/h1-7,12,15,19H,8-11H2. The summed E-state index contributed by atoms with van der Waals surface area (Å²) in [5.41, 5.74) is 2.45. The molecule has 0 atom stereocenters. The maximum atomic E-state index is 12.8. The van der Waals surface area contributed by atoms with Crippen molar-refractivity contribution >= 4 is 21.6 Å². The quantitative estimate of drug-likeness (QED) is 0.927. The second-order valence-electron chi connectivity index (χ2n) is 6.26. The van der Waals surface area contributed by atoms with Gasteiger partial charge in [0.25, 0.3) is 5.91 Å². The van der Waals surface area contributed by atoms with E-state index in [2.05, 4.69) is 4.72 Å². The average Bonchev–Trinajstić information content (AvgIpc) is 3.29. The van der Waals surface area contributed by atoms with Crippen LogP contribution in [0.3, 0.4) is 0 Å². The highest BCUT2D eigenvalue weighted by molar-refractivity contribution is 7.89. The van der Waals surface area contributed by atoms with Gasteiger partial charge < -0.3 is 4.90 Å². The number of fused-ring (bicyclic) bond motifs is 1. The Bertz CT molecular complexity index is 904. The Kier molecular flexibility index (Phi) is 3.66. The number of benzene rings is 2. The van der Waals surface area contributed by atoms with Crippen molar-refractivity contribution in [1.82, 2.24) is 4.72 Å². The van der Waals surface area contributed by atoms with E-state index in [-0.39, 0.29) is 16.8 Å². The van der Waals surface area contributed by atoms with E-state index < -0.39 is 10.0 Å². The van der Waals surface area contributed by atoms with Gasteiger partial charge in [-0.25, -0.2) is 13.1 Å².